The van der Waals surface area contributed by atoms with E-state index in [0.717, 1.165) is 11.3 Å². The molecule has 1 N–H and O–H groups in total. The van der Waals surface area contributed by atoms with Gasteiger partial charge in [0.25, 0.3) is 0 Å². The highest BCUT2D eigenvalue weighted by Gasteiger charge is 2.49. The minimum Gasteiger partial charge on any atom is -0.316 e. The van der Waals surface area contributed by atoms with Crippen LogP contribution < -0.4 is 5.32 Å². The molecule has 1 spiro atoms. The summed E-state index contributed by atoms with van der Waals surface area (Å²) in [6.07, 6.45) is 2.97. The molecule has 2 rings (SSSR count). The zero-order valence-corrected chi connectivity index (χ0v) is 9.41. The van der Waals surface area contributed by atoms with Gasteiger partial charge in [-0.15, -0.1) is 0 Å². The fourth-order valence-electron chi connectivity index (χ4n) is 1.76. The molecule has 1 unspecified atom stereocenters. The Balaban J connectivity index is 0.000000269. The van der Waals surface area contributed by atoms with Crippen LogP contribution in [-0.2, 0) is 0 Å². The minimum absolute atomic E-state index is 0.792. The molecule has 1 saturated carbocycles. The summed E-state index contributed by atoms with van der Waals surface area (Å²) in [5.41, 5.74) is 0.792. The molecule has 2 aliphatic rings. The second kappa shape index (κ2) is 5.58. The average Bonchev–Trinajstić information content (AvgIpc) is 2.84. The van der Waals surface area contributed by atoms with Crippen molar-refractivity contribution in [3.05, 3.63) is 0 Å². The molecule has 74 valence electrons. The van der Waals surface area contributed by atoms with Crippen molar-refractivity contribution in [1.29, 1.82) is 0 Å². The summed E-state index contributed by atoms with van der Waals surface area (Å²) in [5, 5.41) is 3.42. The predicted molar refractivity (Wildman–Crippen MR) is 56.4 cm³/mol. The van der Waals surface area contributed by atoms with Crippen molar-refractivity contribution < 1.29 is 0 Å². The van der Waals surface area contributed by atoms with Crippen molar-refractivity contribution in [3.8, 4) is 0 Å². The first-order chi connectivity index (χ1) is 5.83. The fraction of sp³-hybridized carbons (Fsp3) is 1.00. The lowest BCUT2D eigenvalue weighted by Crippen LogP contribution is -2.09. The minimum atomic E-state index is 0.792. The predicted octanol–water partition coefficient (Wildman–Crippen LogP) is 3.06. The number of rotatable bonds is 0. The lowest BCUT2D eigenvalue weighted by atomic mass is 9.95. The van der Waals surface area contributed by atoms with Crippen molar-refractivity contribution in [2.24, 2.45) is 11.3 Å². The van der Waals surface area contributed by atoms with E-state index in [4.69, 9.17) is 0 Å². The zero-order chi connectivity index (χ0) is 9.61. The van der Waals surface area contributed by atoms with Crippen LogP contribution in [-0.4, -0.2) is 13.1 Å². The van der Waals surface area contributed by atoms with Crippen LogP contribution in [0, 0.1) is 11.3 Å². The Hall–Kier alpha value is -0.0400. The van der Waals surface area contributed by atoms with Gasteiger partial charge in [0.05, 0.1) is 0 Å². The van der Waals surface area contributed by atoms with Gasteiger partial charge >= 0.3 is 0 Å². The molecular weight excluding hydrogens is 146 g/mol. The Morgan fingerprint density at radius 3 is 1.75 bits per heavy atom. The van der Waals surface area contributed by atoms with Gasteiger partial charge in [-0.1, -0.05) is 34.6 Å². The van der Waals surface area contributed by atoms with E-state index in [-0.39, 0.29) is 0 Å². The molecule has 1 nitrogen and oxygen atoms in total. The zero-order valence-electron chi connectivity index (χ0n) is 9.41. The Bertz CT molecular complexity index is 106. The summed E-state index contributed by atoms with van der Waals surface area (Å²) in [7, 11) is 0. The largest absolute Gasteiger partial charge is 0.316 e. The van der Waals surface area contributed by atoms with Crippen molar-refractivity contribution in [1.82, 2.24) is 5.32 Å². The van der Waals surface area contributed by atoms with Gasteiger partial charge in [-0.2, -0.15) is 0 Å². The number of nitrogens with one attached hydrogen (secondary N) is 1. The Morgan fingerprint density at radius 2 is 1.58 bits per heavy atom. The van der Waals surface area contributed by atoms with Crippen molar-refractivity contribution in [2.45, 2.75) is 47.5 Å². The molecule has 1 heterocycles. The van der Waals surface area contributed by atoms with Crippen LogP contribution in [0.25, 0.3) is 0 Å². The van der Waals surface area contributed by atoms with Crippen LogP contribution >= 0.6 is 0 Å². The number of hydrogen-bond donors (Lipinski definition) is 1. The van der Waals surface area contributed by atoms with Crippen LogP contribution in [0.2, 0.25) is 0 Å². The molecule has 0 aromatic rings. The molecule has 1 aliphatic heterocycles. The van der Waals surface area contributed by atoms with Gasteiger partial charge < -0.3 is 5.32 Å². The summed E-state index contributed by atoms with van der Waals surface area (Å²) in [4.78, 5) is 0. The Kier molecular flexibility index (Phi) is 5.56. The van der Waals surface area contributed by atoms with Gasteiger partial charge in [0.1, 0.15) is 0 Å². The Morgan fingerprint density at radius 1 is 1.08 bits per heavy atom. The molecule has 1 atom stereocenters. The molecule has 0 bridgehead atoms. The SMILES string of the molecule is CC.CC.CC1CNCC12CC2. The highest BCUT2D eigenvalue weighted by atomic mass is 15.0. The Labute approximate surface area is 77.9 Å². The van der Waals surface area contributed by atoms with Gasteiger partial charge in [-0.25, -0.2) is 0 Å². The molecule has 0 aromatic carbocycles. The third-order valence-corrected chi connectivity index (χ3v) is 2.87. The van der Waals surface area contributed by atoms with E-state index < -0.39 is 0 Å². The molecule has 1 heteroatoms. The van der Waals surface area contributed by atoms with Crippen molar-refractivity contribution in [2.75, 3.05) is 13.1 Å². The number of hydrogen-bond acceptors (Lipinski definition) is 1. The summed E-state index contributed by atoms with van der Waals surface area (Å²) in [5.74, 6) is 0.961. The van der Waals surface area contributed by atoms with Gasteiger partial charge in [0.2, 0.25) is 0 Å². The molecule has 0 amide bonds. The summed E-state index contributed by atoms with van der Waals surface area (Å²) < 4.78 is 0. The van der Waals surface area contributed by atoms with E-state index in [0.29, 0.717) is 0 Å². The second-order valence-electron chi connectivity index (χ2n) is 3.39. The lowest BCUT2D eigenvalue weighted by molar-refractivity contribution is 0.432. The van der Waals surface area contributed by atoms with E-state index in [2.05, 4.69) is 12.2 Å². The first-order valence-electron chi connectivity index (χ1n) is 5.54. The summed E-state index contributed by atoms with van der Waals surface area (Å²) in [6, 6.07) is 0. The monoisotopic (exact) mass is 171 g/mol. The summed E-state index contributed by atoms with van der Waals surface area (Å²) >= 11 is 0. The molecule has 1 aliphatic carbocycles. The van der Waals surface area contributed by atoms with Gasteiger partial charge in [0, 0.05) is 6.54 Å². The van der Waals surface area contributed by atoms with Gasteiger partial charge in [0.15, 0.2) is 0 Å². The van der Waals surface area contributed by atoms with Crippen LogP contribution in [0.15, 0.2) is 0 Å². The summed E-state index contributed by atoms with van der Waals surface area (Å²) in [6.45, 7) is 12.9. The first kappa shape index (κ1) is 12.0. The highest BCUT2D eigenvalue weighted by molar-refractivity contribution is 5.02. The van der Waals surface area contributed by atoms with Crippen LogP contribution in [0.5, 0.6) is 0 Å². The maximum Gasteiger partial charge on any atom is 0.00110 e. The molecule has 0 aromatic heterocycles. The van der Waals surface area contributed by atoms with Gasteiger partial charge in [-0.3, -0.25) is 0 Å². The van der Waals surface area contributed by atoms with E-state index in [1.54, 1.807) is 0 Å². The molecule has 12 heavy (non-hydrogen) atoms. The lowest BCUT2D eigenvalue weighted by Gasteiger charge is -2.08. The third kappa shape index (κ3) is 2.48. The van der Waals surface area contributed by atoms with E-state index in [1.165, 1.54) is 25.9 Å². The first-order valence-corrected chi connectivity index (χ1v) is 5.54. The second-order valence-corrected chi connectivity index (χ2v) is 3.39. The van der Waals surface area contributed by atoms with Crippen LogP contribution in [0.1, 0.15) is 47.5 Å². The van der Waals surface area contributed by atoms with Crippen molar-refractivity contribution in [3.63, 3.8) is 0 Å². The molecular formula is C11H25N. The third-order valence-electron chi connectivity index (χ3n) is 2.87. The highest BCUT2D eigenvalue weighted by Crippen LogP contribution is 2.53. The fourth-order valence-corrected chi connectivity index (χ4v) is 1.76. The molecule has 1 saturated heterocycles. The normalized spacial score (nSPS) is 28.2. The van der Waals surface area contributed by atoms with Crippen molar-refractivity contribution >= 4 is 0 Å². The van der Waals surface area contributed by atoms with Gasteiger partial charge in [-0.05, 0) is 30.7 Å². The quantitative estimate of drug-likeness (QED) is 0.590. The van der Waals surface area contributed by atoms with Crippen LogP contribution in [0.3, 0.4) is 0 Å². The molecule has 2 fully saturated rings. The average molecular weight is 171 g/mol. The maximum absolute atomic E-state index is 3.42. The topological polar surface area (TPSA) is 12.0 Å². The van der Waals surface area contributed by atoms with E-state index in [1.807, 2.05) is 27.7 Å². The van der Waals surface area contributed by atoms with E-state index >= 15 is 0 Å². The van der Waals surface area contributed by atoms with E-state index in [9.17, 15) is 0 Å². The smallest absolute Gasteiger partial charge is 0.00110 e. The molecule has 0 radical (unpaired) electrons. The maximum atomic E-state index is 3.42. The standard InChI is InChI=1S/C7H13N.2C2H6/c1-6-4-8-5-7(6)2-3-7;2*1-2/h6,8H,2-5H2,1H3;2*1-2H3. The van der Waals surface area contributed by atoms with Crippen LogP contribution in [0.4, 0.5) is 0 Å².